The van der Waals surface area contributed by atoms with E-state index in [-0.39, 0.29) is 18.3 Å². The lowest BCUT2D eigenvalue weighted by Gasteiger charge is -2.50. The van der Waals surface area contributed by atoms with Gasteiger partial charge in [-0.15, -0.1) is 12.4 Å². The van der Waals surface area contributed by atoms with Crippen LogP contribution >= 0.6 is 12.4 Å². The van der Waals surface area contributed by atoms with Crippen LogP contribution in [0.1, 0.15) is 52.8 Å². The Morgan fingerprint density at radius 1 is 0.846 bits per heavy atom. The average Bonchev–Trinajstić information content (AvgIpc) is 3.41. The molecule has 1 heterocycles. The summed E-state index contributed by atoms with van der Waals surface area (Å²) in [7, 11) is 2.21. The fourth-order valence-electron chi connectivity index (χ4n) is 6.65. The molecule has 0 spiro atoms. The molecule has 6 rings (SSSR count). The van der Waals surface area contributed by atoms with Gasteiger partial charge in [-0.3, -0.25) is 0 Å². The van der Waals surface area contributed by atoms with Gasteiger partial charge in [0.15, 0.2) is 0 Å². The third-order valence-corrected chi connectivity index (χ3v) is 7.72. The van der Waals surface area contributed by atoms with Gasteiger partial charge in [-0.25, -0.2) is 0 Å². The second-order valence-electron chi connectivity index (χ2n) is 8.73. The van der Waals surface area contributed by atoms with Crippen molar-refractivity contribution < 1.29 is 5.11 Å². The van der Waals surface area contributed by atoms with Crippen LogP contribution in [0.3, 0.4) is 0 Å². The summed E-state index contributed by atoms with van der Waals surface area (Å²) in [6.45, 7) is 2.23. The molecule has 2 fully saturated rings. The molecule has 3 atom stereocenters. The molecule has 0 aromatic heterocycles. The number of hydrogen-bond donors (Lipinski definition) is 1. The molecule has 2 bridgehead atoms. The number of fused-ring (bicyclic) bond motifs is 8. The first-order valence-corrected chi connectivity index (χ1v) is 9.80. The summed E-state index contributed by atoms with van der Waals surface area (Å²) >= 11 is 0. The second kappa shape index (κ2) is 5.58. The number of halogens is 1. The lowest BCUT2D eigenvalue weighted by Crippen LogP contribution is -2.53. The van der Waals surface area contributed by atoms with Gasteiger partial charge < -0.3 is 10.0 Å². The molecule has 3 unspecified atom stereocenters. The number of aliphatic hydroxyl groups is 1. The van der Waals surface area contributed by atoms with E-state index in [0.29, 0.717) is 23.7 Å². The Kier molecular flexibility index (Phi) is 3.60. The molecule has 2 aromatic carbocycles. The van der Waals surface area contributed by atoms with E-state index >= 15 is 0 Å². The number of rotatable bonds is 1. The van der Waals surface area contributed by atoms with Crippen molar-refractivity contribution in [2.45, 2.75) is 36.2 Å². The number of benzene rings is 2. The van der Waals surface area contributed by atoms with Gasteiger partial charge >= 0.3 is 0 Å². The highest BCUT2D eigenvalue weighted by Crippen LogP contribution is 2.77. The molecule has 136 valence electrons. The van der Waals surface area contributed by atoms with Crippen molar-refractivity contribution in [1.29, 1.82) is 0 Å². The van der Waals surface area contributed by atoms with Crippen LogP contribution in [-0.2, 0) is 0 Å². The van der Waals surface area contributed by atoms with Gasteiger partial charge in [0.2, 0.25) is 0 Å². The molecule has 4 aliphatic rings. The summed E-state index contributed by atoms with van der Waals surface area (Å²) in [5, 5.41) is 12.3. The van der Waals surface area contributed by atoms with Crippen molar-refractivity contribution in [3.8, 4) is 0 Å². The zero-order valence-corrected chi connectivity index (χ0v) is 16.0. The molecule has 2 aromatic rings. The first kappa shape index (κ1) is 16.8. The topological polar surface area (TPSA) is 23.5 Å². The maximum Gasteiger partial charge on any atom is 0.0825 e. The van der Waals surface area contributed by atoms with Crippen LogP contribution in [0, 0.1) is 11.8 Å². The Bertz CT molecular complexity index is 805. The van der Waals surface area contributed by atoms with Crippen molar-refractivity contribution in [2.24, 2.45) is 11.8 Å². The summed E-state index contributed by atoms with van der Waals surface area (Å²) in [4.78, 5) is 2.41. The maximum atomic E-state index is 12.3. The van der Waals surface area contributed by atoms with Crippen molar-refractivity contribution in [2.75, 3.05) is 20.1 Å². The Balaban J connectivity index is 0.00000150. The zero-order chi connectivity index (χ0) is 16.8. The SMILES string of the molecule is CN1CCC(C2(O)C3c4ccccc4C4C(c5ccccc53)C42)CC1.Cl. The van der Waals surface area contributed by atoms with E-state index in [9.17, 15) is 5.11 Å². The highest BCUT2D eigenvalue weighted by Gasteiger charge is 2.72. The zero-order valence-electron chi connectivity index (χ0n) is 15.1. The van der Waals surface area contributed by atoms with E-state index in [0.717, 1.165) is 25.9 Å². The van der Waals surface area contributed by atoms with Crippen LogP contribution in [0.2, 0.25) is 0 Å². The first-order chi connectivity index (χ1) is 12.2. The lowest BCUT2D eigenvalue weighted by atomic mass is 9.59. The van der Waals surface area contributed by atoms with Crippen molar-refractivity contribution in [3.05, 3.63) is 70.8 Å². The molecule has 3 aliphatic carbocycles. The van der Waals surface area contributed by atoms with Gasteiger partial charge in [-0.2, -0.15) is 0 Å². The quantitative estimate of drug-likeness (QED) is 0.818. The van der Waals surface area contributed by atoms with E-state index in [1.165, 1.54) is 22.3 Å². The van der Waals surface area contributed by atoms with Gasteiger partial charge in [0.1, 0.15) is 0 Å². The van der Waals surface area contributed by atoms with Gasteiger partial charge in [-0.1, -0.05) is 48.5 Å². The fourth-order valence-corrected chi connectivity index (χ4v) is 6.65. The van der Waals surface area contributed by atoms with Gasteiger partial charge in [-0.05, 0) is 73.0 Å². The molecule has 1 aliphatic heterocycles. The van der Waals surface area contributed by atoms with Crippen LogP contribution in [0.25, 0.3) is 0 Å². The highest BCUT2D eigenvalue weighted by atomic mass is 35.5. The number of likely N-dealkylation sites (tertiary alicyclic amines) is 1. The number of piperidine rings is 1. The monoisotopic (exact) mass is 367 g/mol. The van der Waals surface area contributed by atoms with Crippen molar-refractivity contribution in [3.63, 3.8) is 0 Å². The molecular weight excluding hydrogens is 342 g/mol. The lowest BCUT2D eigenvalue weighted by molar-refractivity contribution is -0.0809. The van der Waals surface area contributed by atoms with Crippen LogP contribution < -0.4 is 0 Å². The van der Waals surface area contributed by atoms with E-state index in [1.54, 1.807) is 0 Å². The van der Waals surface area contributed by atoms with Crippen LogP contribution in [0.5, 0.6) is 0 Å². The van der Waals surface area contributed by atoms with E-state index in [1.807, 2.05) is 0 Å². The Hall–Kier alpha value is -1.35. The van der Waals surface area contributed by atoms with E-state index < -0.39 is 5.60 Å². The molecule has 1 N–H and O–H groups in total. The van der Waals surface area contributed by atoms with E-state index in [4.69, 9.17) is 0 Å². The van der Waals surface area contributed by atoms with Crippen molar-refractivity contribution in [1.82, 2.24) is 4.90 Å². The number of hydrogen-bond acceptors (Lipinski definition) is 2. The largest absolute Gasteiger partial charge is 0.388 e. The summed E-state index contributed by atoms with van der Waals surface area (Å²) in [5.74, 6) is 2.07. The smallest absolute Gasteiger partial charge is 0.0825 e. The van der Waals surface area contributed by atoms with Crippen LogP contribution in [0.4, 0.5) is 0 Å². The summed E-state index contributed by atoms with van der Waals surface area (Å²) in [5.41, 5.74) is 5.27. The fraction of sp³-hybridized carbons (Fsp3) is 0.478. The molecule has 2 nitrogen and oxygen atoms in total. The minimum Gasteiger partial charge on any atom is -0.388 e. The van der Waals surface area contributed by atoms with Gasteiger partial charge in [0.25, 0.3) is 0 Å². The molecule has 3 heteroatoms. The summed E-state index contributed by atoms with van der Waals surface area (Å²) < 4.78 is 0. The summed E-state index contributed by atoms with van der Waals surface area (Å²) in [6, 6.07) is 17.9. The molecule has 26 heavy (non-hydrogen) atoms. The van der Waals surface area contributed by atoms with Gasteiger partial charge in [0, 0.05) is 11.8 Å². The van der Waals surface area contributed by atoms with Crippen molar-refractivity contribution >= 4 is 12.4 Å². The first-order valence-electron chi connectivity index (χ1n) is 9.80. The van der Waals surface area contributed by atoms with Crippen LogP contribution in [-0.4, -0.2) is 35.7 Å². The Labute approximate surface area is 161 Å². The number of nitrogens with zero attached hydrogens (tertiary/aromatic N) is 1. The summed E-state index contributed by atoms with van der Waals surface area (Å²) in [6.07, 6.45) is 2.26. The average molecular weight is 368 g/mol. The Morgan fingerprint density at radius 2 is 1.31 bits per heavy atom. The predicted octanol–water partition coefficient (Wildman–Crippen LogP) is 4.14. The van der Waals surface area contributed by atoms with E-state index in [2.05, 4.69) is 60.5 Å². The van der Waals surface area contributed by atoms with Gasteiger partial charge in [0.05, 0.1) is 5.60 Å². The minimum atomic E-state index is -0.556. The third kappa shape index (κ3) is 1.91. The minimum absolute atomic E-state index is 0. The Morgan fingerprint density at radius 3 is 1.81 bits per heavy atom. The maximum absolute atomic E-state index is 12.3. The molecule has 0 amide bonds. The molecule has 1 saturated carbocycles. The normalized spacial score (nSPS) is 37.3. The molecular formula is C23H26ClNO. The standard InChI is InChI=1S/C23H25NO.ClH/c1-24-12-10-14(11-13-24)23(25)21-17-8-4-2-6-15(17)19-20(22(19)23)16-7-3-5-9-18(16)21;/h2-9,14,19-22,25H,10-13H2,1H3;1H. The second-order valence-corrected chi connectivity index (χ2v) is 8.73. The third-order valence-electron chi connectivity index (χ3n) is 7.72. The highest BCUT2D eigenvalue weighted by molar-refractivity contribution is 5.85. The molecule has 1 saturated heterocycles. The van der Waals surface area contributed by atoms with Crippen LogP contribution in [0.15, 0.2) is 48.5 Å². The molecule has 0 radical (unpaired) electrons. The predicted molar refractivity (Wildman–Crippen MR) is 106 cm³/mol.